The SMILES string of the molecule is Cc1ccncc1-n1c(C)cc(C(=O)C(C)Cl)c1C. The first-order valence-corrected chi connectivity index (χ1v) is 6.65. The van der Waals surface area contributed by atoms with Crippen LogP contribution in [0.1, 0.15) is 34.2 Å². The van der Waals surface area contributed by atoms with Crippen LogP contribution in [0.5, 0.6) is 0 Å². The molecule has 3 nitrogen and oxygen atoms in total. The standard InChI is InChI=1S/C15H17ClN2O/c1-9-5-6-17-8-14(9)18-10(2)7-13(12(18)4)15(19)11(3)16/h5-8,11H,1-4H3. The van der Waals surface area contributed by atoms with Crippen LogP contribution in [0.25, 0.3) is 5.69 Å². The van der Waals surface area contributed by atoms with Gasteiger partial charge in [0.1, 0.15) is 0 Å². The third-order valence-electron chi connectivity index (χ3n) is 3.31. The Morgan fingerprint density at radius 1 is 1.37 bits per heavy atom. The predicted octanol–water partition coefficient (Wildman–Crippen LogP) is 3.61. The normalized spacial score (nSPS) is 12.5. The van der Waals surface area contributed by atoms with Crippen LogP contribution < -0.4 is 0 Å². The van der Waals surface area contributed by atoms with E-state index < -0.39 is 5.38 Å². The topological polar surface area (TPSA) is 34.9 Å². The molecule has 0 aliphatic rings. The van der Waals surface area contributed by atoms with Crippen LogP contribution in [0.2, 0.25) is 0 Å². The molecule has 0 saturated heterocycles. The average molecular weight is 277 g/mol. The van der Waals surface area contributed by atoms with Crippen molar-refractivity contribution in [3.05, 3.63) is 47.0 Å². The zero-order chi connectivity index (χ0) is 14.2. The van der Waals surface area contributed by atoms with Crippen LogP contribution in [0.3, 0.4) is 0 Å². The fourth-order valence-electron chi connectivity index (χ4n) is 2.29. The molecule has 0 fully saturated rings. The molecule has 0 saturated carbocycles. The Labute approximate surface area is 118 Å². The summed E-state index contributed by atoms with van der Waals surface area (Å²) in [6.07, 6.45) is 3.58. The zero-order valence-electron chi connectivity index (χ0n) is 11.6. The Morgan fingerprint density at radius 2 is 2.05 bits per heavy atom. The molecule has 2 heterocycles. The second-order valence-corrected chi connectivity index (χ2v) is 5.42. The lowest BCUT2D eigenvalue weighted by atomic mass is 10.1. The van der Waals surface area contributed by atoms with Crippen LogP contribution >= 0.6 is 11.6 Å². The first-order chi connectivity index (χ1) is 8.93. The quantitative estimate of drug-likeness (QED) is 0.634. The zero-order valence-corrected chi connectivity index (χ0v) is 12.3. The number of pyridine rings is 1. The smallest absolute Gasteiger partial charge is 0.182 e. The van der Waals surface area contributed by atoms with Gasteiger partial charge in [0.05, 0.1) is 17.3 Å². The number of carbonyl (C=O) groups excluding carboxylic acids is 1. The molecular weight excluding hydrogens is 260 g/mol. The van der Waals surface area contributed by atoms with Gasteiger partial charge in [0, 0.05) is 23.1 Å². The molecule has 0 aliphatic heterocycles. The van der Waals surface area contributed by atoms with E-state index >= 15 is 0 Å². The molecule has 100 valence electrons. The molecule has 2 aromatic rings. The number of hydrogen-bond donors (Lipinski definition) is 0. The lowest BCUT2D eigenvalue weighted by Crippen LogP contribution is -2.12. The van der Waals surface area contributed by atoms with Gasteiger partial charge in [-0.2, -0.15) is 0 Å². The molecule has 0 N–H and O–H groups in total. The number of aryl methyl sites for hydroxylation is 2. The summed E-state index contributed by atoms with van der Waals surface area (Å²) in [7, 11) is 0. The summed E-state index contributed by atoms with van der Waals surface area (Å²) < 4.78 is 2.05. The minimum Gasteiger partial charge on any atom is -0.316 e. The van der Waals surface area contributed by atoms with Gasteiger partial charge in [-0.3, -0.25) is 9.78 Å². The average Bonchev–Trinajstić information content (AvgIpc) is 2.65. The molecule has 1 unspecified atom stereocenters. The van der Waals surface area contributed by atoms with Crippen LogP contribution in [0.4, 0.5) is 0 Å². The van der Waals surface area contributed by atoms with Crippen LogP contribution in [0, 0.1) is 20.8 Å². The summed E-state index contributed by atoms with van der Waals surface area (Å²) >= 11 is 5.90. The molecule has 0 radical (unpaired) electrons. The Bertz CT molecular complexity index is 629. The fraction of sp³-hybridized carbons (Fsp3) is 0.333. The van der Waals surface area contributed by atoms with E-state index in [4.69, 9.17) is 11.6 Å². The minimum absolute atomic E-state index is 0.0393. The van der Waals surface area contributed by atoms with Crippen molar-refractivity contribution < 1.29 is 4.79 Å². The highest BCUT2D eigenvalue weighted by molar-refractivity contribution is 6.33. The highest BCUT2D eigenvalue weighted by Crippen LogP contribution is 2.24. The van der Waals surface area contributed by atoms with E-state index in [1.54, 1.807) is 13.1 Å². The second-order valence-electron chi connectivity index (χ2n) is 4.76. The molecular formula is C15H17ClN2O. The van der Waals surface area contributed by atoms with Gasteiger partial charge in [-0.1, -0.05) is 0 Å². The van der Waals surface area contributed by atoms with E-state index in [0.29, 0.717) is 5.56 Å². The van der Waals surface area contributed by atoms with Crippen LogP contribution in [-0.4, -0.2) is 20.7 Å². The van der Waals surface area contributed by atoms with Crippen molar-refractivity contribution >= 4 is 17.4 Å². The number of aromatic nitrogens is 2. The van der Waals surface area contributed by atoms with Crippen molar-refractivity contribution in [3.63, 3.8) is 0 Å². The number of alkyl halides is 1. The van der Waals surface area contributed by atoms with Crippen LogP contribution in [-0.2, 0) is 0 Å². The molecule has 0 bridgehead atoms. The van der Waals surface area contributed by atoms with Gasteiger partial charge in [-0.05, 0) is 45.4 Å². The van der Waals surface area contributed by atoms with Gasteiger partial charge < -0.3 is 4.57 Å². The lowest BCUT2D eigenvalue weighted by Gasteiger charge is -2.12. The van der Waals surface area contributed by atoms with Crippen molar-refractivity contribution in [2.75, 3.05) is 0 Å². The summed E-state index contributed by atoms with van der Waals surface area (Å²) in [6, 6.07) is 3.85. The summed E-state index contributed by atoms with van der Waals surface area (Å²) in [6.45, 7) is 7.65. The third kappa shape index (κ3) is 2.43. The number of carbonyl (C=O) groups is 1. The van der Waals surface area contributed by atoms with Crippen molar-refractivity contribution in [3.8, 4) is 5.69 Å². The van der Waals surface area contributed by atoms with E-state index in [-0.39, 0.29) is 5.78 Å². The van der Waals surface area contributed by atoms with Crippen molar-refractivity contribution in [1.29, 1.82) is 0 Å². The first-order valence-electron chi connectivity index (χ1n) is 6.21. The van der Waals surface area contributed by atoms with Gasteiger partial charge in [0.15, 0.2) is 5.78 Å². The predicted molar refractivity (Wildman–Crippen MR) is 77.4 cm³/mol. The fourth-order valence-corrected chi connectivity index (χ4v) is 2.40. The van der Waals surface area contributed by atoms with Gasteiger partial charge in [0.25, 0.3) is 0 Å². The summed E-state index contributed by atoms with van der Waals surface area (Å²) in [4.78, 5) is 16.2. The number of rotatable bonds is 3. The highest BCUT2D eigenvalue weighted by Gasteiger charge is 2.20. The van der Waals surface area contributed by atoms with Gasteiger partial charge in [-0.25, -0.2) is 0 Å². The Hall–Kier alpha value is -1.61. The molecule has 0 spiro atoms. The largest absolute Gasteiger partial charge is 0.316 e. The van der Waals surface area contributed by atoms with E-state index in [0.717, 1.165) is 22.6 Å². The molecule has 0 aromatic carbocycles. The summed E-state index contributed by atoms with van der Waals surface area (Å²) in [5, 5.41) is -0.510. The lowest BCUT2D eigenvalue weighted by molar-refractivity contribution is 0.0991. The first kappa shape index (κ1) is 13.8. The van der Waals surface area contributed by atoms with E-state index in [2.05, 4.69) is 9.55 Å². The number of hydrogen-bond acceptors (Lipinski definition) is 2. The number of Topliss-reactive ketones (excluding diaryl/α,β-unsaturated/α-hetero) is 1. The Balaban J connectivity index is 2.61. The summed E-state index contributed by atoms with van der Waals surface area (Å²) in [5.41, 5.74) is 4.72. The monoisotopic (exact) mass is 276 g/mol. The van der Waals surface area contributed by atoms with Crippen molar-refractivity contribution in [1.82, 2.24) is 9.55 Å². The second kappa shape index (κ2) is 5.17. The number of halogens is 1. The maximum atomic E-state index is 12.1. The molecule has 0 aliphatic carbocycles. The molecule has 4 heteroatoms. The molecule has 19 heavy (non-hydrogen) atoms. The van der Waals surface area contributed by atoms with Gasteiger partial charge >= 0.3 is 0 Å². The molecule has 2 aromatic heterocycles. The van der Waals surface area contributed by atoms with Crippen molar-refractivity contribution in [2.24, 2.45) is 0 Å². The molecule has 2 rings (SSSR count). The van der Waals surface area contributed by atoms with E-state index in [9.17, 15) is 4.79 Å². The van der Waals surface area contributed by atoms with Crippen LogP contribution in [0.15, 0.2) is 24.5 Å². The van der Waals surface area contributed by atoms with Gasteiger partial charge in [0.2, 0.25) is 0 Å². The van der Waals surface area contributed by atoms with E-state index in [1.165, 1.54) is 0 Å². The van der Waals surface area contributed by atoms with Crippen molar-refractivity contribution in [2.45, 2.75) is 33.1 Å². The highest BCUT2D eigenvalue weighted by atomic mass is 35.5. The Morgan fingerprint density at radius 3 is 2.63 bits per heavy atom. The minimum atomic E-state index is -0.510. The Kier molecular flexibility index (Phi) is 3.76. The number of ketones is 1. The molecule has 0 amide bonds. The summed E-state index contributed by atoms with van der Waals surface area (Å²) in [5.74, 6) is -0.0393. The molecule has 1 atom stereocenters. The maximum absolute atomic E-state index is 12.1. The number of nitrogens with zero attached hydrogens (tertiary/aromatic N) is 2. The van der Waals surface area contributed by atoms with Gasteiger partial charge in [-0.15, -0.1) is 11.6 Å². The third-order valence-corrected chi connectivity index (χ3v) is 3.51. The maximum Gasteiger partial charge on any atom is 0.182 e. The van der Waals surface area contributed by atoms with E-state index in [1.807, 2.05) is 39.1 Å².